The average molecular weight is 253 g/mol. The van der Waals surface area contributed by atoms with Crippen molar-refractivity contribution in [1.82, 2.24) is 0 Å². The van der Waals surface area contributed by atoms with Crippen molar-refractivity contribution in [3.63, 3.8) is 0 Å². The molecule has 2 aliphatic carbocycles. The van der Waals surface area contributed by atoms with Crippen LogP contribution in [0.2, 0.25) is 5.02 Å². The van der Waals surface area contributed by atoms with Crippen LogP contribution in [-0.4, -0.2) is 0 Å². The van der Waals surface area contributed by atoms with Crippen molar-refractivity contribution in [2.45, 2.75) is 18.3 Å². The van der Waals surface area contributed by atoms with Crippen molar-refractivity contribution in [2.75, 3.05) is 0 Å². The van der Waals surface area contributed by atoms with E-state index in [1.807, 2.05) is 12.1 Å². The molecule has 0 aromatic heterocycles. The molecule has 0 saturated heterocycles. The van der Waals surface area contributed by atoms with Gasteiger partial charge in [0.25, 0.3) is 0 Å². The standard InChI is InChI=1S/C17H13Cl/c18-13-7-5-11(6-8-13)16-9-12-10-17(16)15-4-2-1-3-14(12)15/h1-9,12,17H,10H2. The van der Waals surface area contributed by atoms with E-state index in [0.717, 1.165) is 5.02 Å². The van der Waals surface area contributed by atoms with Crippen LogP contribution in [0.1, 0.15) is 34.9 Å². The van der Waals surface area contributed by atoms with Gasteiger partial charge in [-0.2, -0.15) is 0 Å². The highest BCUT2D eigenvalue weighted by atomic mass is 35.5. The summed E-state index contributed by atoms with van der Waals surface area (Å²) in [6.07, 6.45) is 3.69. The summed E-state index contributed by atoms with van der Waals surface area (Å²) in [4.78, 5) is 0. The number of allylic oxidation sites excluding steroid dienone is 2. The molecule has 2 atom stereocenters. The van der Waals surface area contributed by atoms with Gasteiger partial charge in [-0.15, -0.1) is 0 Å². The fourth-order valence-electron chi connectivity index (χ4n) is 3.40. The third-order valence-corrected chi connectivity index (χ3v) is 4.45. The third-order valence-electron chi connectivity index (χ3n) is 4.19. The number of hydrogen-bond acceptors (Lipinski definition) is 0. The number of fused-ring (bicyclic) bond motifs is 5. The summed E-state index contributed by atoms with van der Waals surface area (Å²) in [6.45, 7) is 0. The van der Waals surface area contributed by atoms with Gasteiger partial charge in [0.05, 0.1) is 0 Å². The van der Waals surface area contributed by atoms with E-state index in [1.165, 1.54) is 28.7 Å². The quantitative estimate of drug-likeness (QED) is 0.669. The van der Waals surface area contributed by atoms with Crippen LogP contribution >= 0.6 is 11.6 Å². The Labute approximate surface area is 112 Å². The molecular weight excluding hydrogens is 240 g/mol. The maximum atomic E-state index is 5.96. The highest BCUT2D eigenvalue weighted by Gasteiger charge is 2.37. The van der Waals surface area contributed by atoms with Crippen LogP contribution in [0, 0.1) is 0 Å². The van der Waals surface area contributed by atoms with Gasteiger partial charge in [0.15, 0.2) is 0 Å². The Morgan fingerprint density at radius 3 is 2.39 bits per heavy atom. The second-order valence-corrected chi connectivity index (χ2v) is 5.59. The molecule has 0 heterocycles. The van der Waals surface area contributed by atoms with Crippen LogP contribution in [0.3, 0.4) is 0 Å². The lowest BCUT2D eigenvalue weighted by molar-refractivity contribution is 0.810. The first-order valence-electron chi connectivity index (χ1n) is 6.39. The van der Waals surface area contributed by atoms with E-state index < -0.39 is 0 Å². The van der Waals surface area contributed by atoms with E-state index in [-0.39, 0.29) is 0 Å². The van der Waals surface area contributed by atoms with Crippen molar-refractivity contribution in [3.05, 3.63) is 76.3 Å². The molecular formula is C17H13Cl. The maximum Gasteiger partial charge on any atom is 0.0406 e. The van der Waals surface area contributed by atoms with Gasteiger partial charge in [-0.05, 0) is 40.8 Å². The predicted molar refractivity (Wildman–Crippen MR) is 76.0 cm³/mol. The summed E-state index contributed by atoms with van der Waals surface area (Å²) in [5.74, 6) is 1.21. The van der Waals surface area contributed by atoms with Gasteiger partial charge in [0, 0.05) is 16.9 Å². The third kappa shape index (κ3) is 1.39. The normalized spacial score (nSPS) is 23.9. The zero-order valence-electron chi connectivity index (χ0n) is 9.94. The van der Waals surface area contributed by atoms with Gasteiger partial charge in [-0.1, -0.05) is 54.1 Å². The molecule has 0 fully saturated rings. The Hall–Kier alpha value is -1.53. The minimum Gasteiger partial charge on any atom is -0.0843 e. The zero-order valence-corrected chi connectivity index (χ0v) is 10.7. The molecule has 2 aromatic carbocycles. The predicted octanol–water partition coefficient (Wildman–Crippen LogP) is 5.01. The highest BCUT2D eigenvalue weighted by Crippen LogP contribution is 2.55. The lowest BCUT2D eigenvalue weighted by atomic mass is 9.87. The van der Waals surface area contributed by atoms with Gasteiger partial charge >= 0.3 is 0 Å². The molecule has 0 nitrogen and oxygen atoms in total. The molecule has 2 aliphatic rings. The monoisotopic (exact) mass is 252 g/mol. The van der Waals surface area contributed by atoms with Crippen molar-refractivity contribution < 1.29 is 0 Å². The van der Waals surface area contributed by atoms with Gasteiger partial charge in [-0.25, -0.2) is 0 Å². The summed E-state index contributed by atoms with van der Waals surface area (Å²) in [5.41, 5.74) is 5.85. The van der Waals surface area contributed by atoms with Gasteiger partial charge in [0.1, 0.15) is 0 Å². The van der Waals surface area contributed by atoms with E-state index in [4.69, 9.17) is 11.6 Å². The van der Waals surface area contributed by atoms with Gasteiger partial charge in [0.2, 0.25) is 0 Å². The summed E-state index contributed by atoms with van der Waals surface area (Å²) in [6, 6.07) is 17.1. The fourth-order valence-corrected chi connectivity index (χ4v) is 3.52. The van der Waals surface area contributed by atoms with Crippen LogP contribution in [0.5, 0.6) is 0 Å². The second kappa shape index (κ2) is 3.73. The van der Waals surface area contributed by atoms with Crippen molar-refractivity contribution in [2.24, 2.45) is 0 Å². The average Bonchev–Trinajstić information content (AvgIpc) is 2.99. The molecule has 88 valence electrons. The Morgan fingerprint density at radius 1 is 0.889 bits per heavy atom. The molecule has 0 saturated carbocycles. The summed E-state index contributed by atoms with van der Waals surface area (Å²) in [7, 11) is 0. The van der Waals surface area contributed by atoms with Crippen molar-refractivity contribution >= 4 is 17.2 Å². The molecule has 0 amide bonds. The minimum atomic E-state index is 0.590. The van der Waals surface area contributed by atoms with Crippen LogP contribution in [0.15, 0.2) is 54.6 Å². The maximum absolute atomic E-state index is 5.96. The smallest absolute Gasteiger partial charge is 0.0406 e. The number of rotatable bonds is 1. The molecule has 18 heavy (non-hydrogen) atoms. The van der Waals surface area contributed by atoms with Crippen LogP contribution < -0.4 is 0 Å². The molecule has 0 spiro atoms. The van der Waals surface area contributed by atoms with E-state index in [2.05, 4.69) is 42.5 Å². The zero-order chi connectivity index (χ0) is 12.1. The van der Waals surface area contributed by atoms with Crippen LogP contribution in [0.4, 0.5) is 0 Å². The molecule has 2 bridgehead atoms. The number of halogens is 1. The lowest BCUT2D eigenvalue weighted by Crippen LogP contribution is -1.98. The van der Waals surface area contributed by atoms with Crippen molar-refractivity contribution in [1.29, 1.82) is 0 Å². The molecule has 2 aromatic rings. The second-order valence-electron chi connectivity index (χ2n) is 5.15. The minimum absolute atomic E-state index is 0.590. The van der Waals surface area contributed by atoms with Crippen LogP contribution in [-0.2, 0) is 0 Å². The van der Waals surface area contributed by atoms with E-state index >= 15 is 0 Å². The molecule has 0 radical (unpaired) electrons. The van der Waals surface area contributed by atoms with E-state index in [1.54, 1.807) is 0 Å². The molecule has 1 heteroatoms. The van der Waals surface area contributed by atoms with Crippen molar-refractivity contribution in [3.8, 4) is 0 Å². The topological polar surface area (TPSA) is 0 Å². The Kier molecular flexibility index (Phi) is 2.15. The van der Waals surface area contributed by atoms with E-state index in [9.17, 15) is 0 Å². The first kappa shape index (κ1) is 10.4. The Balaban J connectivity index is 1.79. The highest BCUT2D eigenvalue weighted by molar-refractivity contribution is 6.30. The SMILES string of the molecule is Clc1ccc(C2=CC3CC2c2ccccc23)cc1. The summed E-state index contributed by atoms with van der Waals surface area (Å²) in [5, 5.41) is 0.808. The molecule has 4 rings (SSSR count). The first-order valence-corrected chi connectivity index (χ1v) is 6.77. The largest absolute Gasteiger partial charge is 0.0843 e. The number of hydrogen-bond donors (Lipinski definition) is 0. The molecule has 0 N–H and O–H groups in total. The van der Waals surface area contributed by atoms with Crippen LogP contribution in [0.25, 0.3) is 5.57 Å². The first-order chi connectivity index (χ1) is 8.83. The van der Waals surface area contributed by atoms with E-state index in [0.29, 0.717) is 11.8 Å². The fraction of sp³-hybridized carbons (Fsp3) is 0.176. The number of benzene rings is 2. The van der Waals surface area contributed by atoms with Gasteiger partial charge < -0.3 is 0 Å². The summed E-state index contributed by atoms with van der Waals surface area (Å²) >= 11 is 5.96. The van der Waals surface area contributed by atoms with Gasteiger partial charge in [-0.3, -0.25) is 0 Å². The Bertz CT molecular complexity index is 637. The molecule has 0 aliphatic heterocycles. The summed E-state index contributed by atoms with van der Waals surface area (Å²) < 4.78 is 0. The molecule has 2 unspecified atom stereocenters. The lowest BCUT2D eigenvalue weighted by Gasteiger charge is -2.17. The Morgan fingerprint density at radius 2 is 1.61 bits per heavy atom.